The van der Waals surface area contributed by atoms with Crippen LogP contribution in [0.3, 0.4) is 0 Å². The van der Waals surface area contributed by atoms with Gasteiger partial charge >= 0.3 is 0 Å². The number of halogens is 1. The minimum absolute atomic E-state index is 0.0562. The van der Waals surface area contributed by atoms with Crippen molar-refractivity contribution >= 4 is 27.2 Å². The molecule has 1 saturated carbocycles. The molecule has 0 spiro atoms. The van der Waals surface area contributed by atoms with Gasteiger partial charge in [0.15, 0.2) is 21.4 Å². The summed E-state index contributed by atoms with van der Waals surface area (Å²) >= 11 is 6.12. The minimum Gasteiger partial charge on any atom is -0.360 e. The number of nitriles is 1. The molecule has 1 aliphatic rings. The fourth-order valence-corrected chi connectivity index (χ4v) is 3.53. The topological polar surface area (TPSA) is 101 Å². The van der Waals surface area contributed by atoms with Crippen molar-refractivity contribution in [3.05, 3.63) is 45.8 Å². The molecule has 3 rings (SSSR count). The molecule has 0 unspecified atom stereocenters. The molecule has 0 radical (unpaired) electrons. The van der Waals surface area contributed by atoms with E-state index < -0.39 is 15.6 Å². The number of benzene rings is 1. The summed E-state index contributed by atoms with van der Waals surface area (Å²) in [6.45, 7) is 0. The number of hydrogen-bond acceptors (Lipinski definition) is 6. The summed E-state index contributed by atoms with van der Waals surface area (Å²) in [5, 5.41) is 12.7. The van der Waals surface area contributed by atoms with Gasteiger partial charge in [-0.15, -0.1) is 0 Å². The molecule has 8 heteroatoms. The number of aromatic nitrogens is 1. The Labute approximate surface area is 137 Å². The Hall–Kier alpha value is -2.17. The van der Waals surface area contributed by atoms with Crippen LogP contribution in [0.15, 0.2) is 27.7 Å². The molecule has 1 aromatic heterocycles. The highest BCUT2D eigenvalue weighted by atomic mass is 35.5. The second-order valence-electron chi connectivity index (χ2n) is 5.39. The molecule has 0 saturated heterocycles. The first kappa shape index (κ1) is 15.7. The Kier molecular flexibility index (Phi) is 3.74. The number of rotatable bonds is 4. The average molecular weight is 351 g/mol. The summed E-state index contributed by atoms with van der Waals surface area (Å²) in [4.78, 5) is 12.5. The Morgan fingerprint density at radius 2 is 2.09 bits per heavy atom. The molecular formula is C15H11ClN2O4S. The highest BCUT2D eigenvalue weighted by Crippen LogP contribution is 2.42. The molecule has 0 bridgehead atoms. The first-order chi connectivity index (χ1) is 10.8. The quantitative estimate of drug-likeness (QED) is 0.786. The van der Waals surface area contributed by atoms with Crippen molar-refractivity contribution in [2.24, 2.45) is 0 Å². The van der Waals surface area contributed by atoms with Crippen molar-refractivity contribution in [3.8, 4) is 6.07 Å². The largest absolute Gasteiger partial charge is 0.360 e. The van der Waals surface area contributed by atoms with Crippen LogP contribution >= 0.6 is 11.6 Å². The van der Waals surface area contributed by atoms with E-state index in [1.807, 2.05) is 0 Å². The average Bonchev–Trinajstić information content (AvgIpc) is 3.22. The van der Waals surface area contributed by atoms with Gasteiger partial charge < -0.3 is 4.52 Å². The summed E-state index contributed by atoms with van der Waals surface area (Å²) < 4.78 is 28.5. The molecule has 0 N–H and O–H groups in total. The Bertz CT molecular complexity index is 952. The van der Waals surface area contributed by atoms with Gasteiger partial charge in [0.25, 0.3) is 0 Å². The number of carbonyl (C=O) groups is 1. The van der Waals surface area contributed by atoms with Crippen LogP contribution in [0.5, 0.6) is 0 Å². The summed E-state index contributed by atoms with van der Waals surface area (Å²) in [6, 6.07) is 4.29. The van der Waals surface area contributed by atoms with E-state index in [0.29, 0.717) is 11.3 Å². The van der Waals surface area contributed by atoms with Crippen LogP contribution in [-0.4, -0.2) is 25.6 Å². The van der Waals surface area contributed by atoms with Crippen molar-refractivity contribution in [1.29, 1.82) is 5.26 Å². The van der Waals surface area contributed by atoms with Crippen LogP contribution in [-0.2, 0) is 9.84 Å². The highest BCUT2D eigenvalue weighted by molar-refractivity contribution is 7.90. The van der Waals surface area contributed by atoms with E-state index in [2.05, 4.69) is 5.16 Å². The predicted molar refractivity (Wildman–Crippen MR) is 81.2 cm³/mol. The zero-order chi connectivity index (χ0) is 16.8. The number of hydrogen-bond donors (Lipinski definition) is 0. The van der Waals surface area contributed by atoms with Crippen LogP contribution in [0, 0.1) is 11.3 Å². The molecule has 0 atom stereocenters. The van der Waals surface area contributed by atoms with Crippen molar-refractivity contribution in [2.75, 3.05) is 6.26 Å². The van der Waals surface area contributed by atoms with Gasteiger partial charge in [-0.3, -0.25) is 4.79 Å². The maximum Gasteiger partial charge on any atom is 0.199 e. The van der Waals surface area contributed by atoms with E-state index in [4.69, 9.17) is 16.1 Å². The van der Waals surface area contributed by atoms with Crippen molar-refractivity contribution in [3.63, 3.8) is 0 Å². The predicted octanol–water partition coefficient (Wildman–Crippen LogP) is 2.71. The van der Waals surface area contributed by atoms with Crippen LogP contribution in [0.25, 0.3) is 0 Å². The van der Waals surface area contributed by atoms with Gasteiger partial charge in [-0.1, -0.05) is 16.8 Å². The second-order valence-corrected chi connectivity index (χ2v) is 7.75. The van der Waals surface area contributed by atoms with E-state index in [9.17, 15) is 18.5 Å². The number of nitrogens with zero attached hydrogens (tertiary/aromatic N) is 2. The van der Waals surface area contributed by atoms with E-state index in [0.717, 1.165) is 19.1 Å². The maximum absolute atomic E-state index is 12.7. The first-order valence-electron chi connectivity index (χ1n) is 6.76. The number of carbonyl (C=O) groups excluding carboxylic acids is 1. The Morgan fingerprint density at radius 1 is 1.39 bits per heavy atom. The fourth-order valence-electron chi connectivity index (χ4n) is 2.35. The molecule has 1 aromatic carbocycles. The van der Waals surface area contributed by atoms with Crippen molar-refractivity contribution in [1.82, 2.24) is 5.16 Å². The van der Waals surface area contributed by atoms with E-state index >= 15 is 0 Å². The standard InChI is InChI=1S/C15H11ClN2O4S/c1-23(20,21)12-5-4-9(13(16)10(12)6-17)14(19)11-7-18-22-15(11)8-2-3-8/h4-5,7-8H,2-3H2,1H3. The molecule has 0 amide bonds. The van der Waals surface area contributed by atoms with Gasteiger partial charge in [0.05, 0.1) is 27.2 Å². The van der Waals surface area contributed by atoms with Crippen LogP contribution in [0.1, 0.15) is 46.0 Å². The van der Waals surface area contributed by atoms with Crippen LogP contribution in [0.2, 0.25) is 5.02 Å². The van der Waals surface area contributed by atoms with E-state index in [1.54, 1.807) is 6.07 Å². The van der Waals surface area contributed by atoms with Crippen LogP contribution in [0.4, 0.5) is 0 Å². The smallest absolute Gasteiger partial charge is 0.199 e. The third-order valence-electron chi connectivity index (χ3n) is 3.65. The van der Waals surface area contributed by atoms with Crippen molar-refractivity contribution < 1.29 is 17.7 Å². The SMILES string of the molecule is CS(=O)(=O)c1ccc(C(=O)c2cnoc2C2CC2)c(Cl)c1C#N. The lowest BCUT2D eigenvalue weighted by molar-refractivity contribution is 0.103. The minimum atomic E-state index is -3.63. The second kappa shape index (κ2) is 5.48. The number of sulfone groups is 1. The molecule has 1 heterocycles. The Morgan fingerprint density at radius 3 is 2.65 bits per heavy atom. The lowest BCUT2D eigenvalue weighted by Crippen LogP contribution is -2.08. The Balaban J connectivity index is 2.12. The van der Waals surface area contributed by atoms with E-state index in [-0.39, 0.29) is 27.0 Å². The molecule has 1 aliphatic carbocycles. The normalized spacial score (nSPS) is 14.5. The van der Waals surface area contributed by atoms with Crippen LogP contribution < -0.4 is 0 Å². The zero-order valence-corrected chi connectivity index (χ0v) is 13.6. The summed E-state index contributed by atoms with van der Waals surface area (Å²) in [7, 11) is -3.63. The molecular weight excluding hydrogens is 340 g/mol. The summed E-state index contributed by atoms with van der Waals surface area (Å²) in [6.07, 6.45) is 4.16. The lowest BCUT2D eigenvalue weighted by atomic mass is 10.0. The van der Waals surface area contributed by atoms with Gasteiger partial charge in [-0.05, 0) is 25.0 Å². The molecule has 1 fully saturated rings. The first-order valence-corrected chi connectivity index (χ1v) is 9.03. The molecule has 0 aliphatic heterocycles. The number of ketones is 1. The molecule has 2 aromatic rings. The van der Waals surface area contributed by atoms with Gasteiger partial charge in [-0.25, -0.2) is 8.42 Å². The molecule has 118 valence electrons. The monoisotopic (exact) mass is 350 g/mol. The lowest BCUT2D eigenvalue weighted by Gasteiger charge is -2.08. The third-order valence-corrected chi connectivity index (χ3v) is 5.18. The molecule has 23 heavy (non-hydrogen) atoms. The van der Waals surface area contributed by atoms with Gasteiger partial charge in [0.1, 0.15) is 6.07 Å². The van der Waals surface area contributed by atoms with E-state index in [1.165, 1.54) is 18.3 Å². The summed E-state index contributed by atoms with van der Waals surface area (Å²) in [5.74, 6) is 0.257. The molecule has 6 nitrogen and oxygen atoms in total. The van der Waals surface area contributed by atoms with Crippen molar-refractivity contribution in [2.45, 2.75) is 23.7 Å². The zero-order valence-electron chi connectivity index (χ0n) is 12.0. The maximum atomic E-state index is 12.7. The highest BCUT2D eigenvalue weighted by Gasteiger charge is 2.33. The van der Waals surface area contributed by atoms with Gasteiger partial charge in [0.2, 0.25) is 0 Å². The van der Waals surface area contributed by atoms with Gasteiger partial charge in [0, 0.05) is 17.7 Å². The van der Waals surface area contributed by atoms with Gasteiger partial charge in [-0.2, -0.15) is 5.26 Å². The summed E-state index contributed by atoms with van der Waals surface area (Å²) in [5.41, 5.74) is 0.121. The fraction of sp³-hybridized carbons (Fsp3) is 0.267. The third kappa shape index (κ3) is 2.76.